The van der Waals surface area contributed by atoms with Crippen LogP contribution in [0, 0.1) is 0 Å². The van der Waals surface area contributed by atoms with Gasteiger partial charge in [0.15, 0.2) is 17.3 Å². The Hall–Kier alpha value is -4.18. The van der Waals surface area contributed by atoms with E-state index in [1.54, 1.807) is 13.4 Å². The van der Waals surface area contributed by atoms with Gasteiger partial charge in [0, 0.05) is 44.1 Å². The zero-order chi connectivity index (χ0) is 24.4. The molecule has 0 aliphatic carbocycles. The summed E-state index contributed by atoms with van der Waals surface area (Å²) < 4.78 is 12.4. The maximum Gasteiger partial charge on any atom is 0.360 e. The second-order valence-corrected chi connectivity index (χ2v) is 8.16. The number of anilines is 4. The normalized spacial score (nSPS) is 13.6. The van der Waals surface area contributed by atoms with Gasteiger partial charge >= 0.3 is 5.97 Å². The van der Waals surface area contributed by atoms with Crippen LogP contribution in [-0.2, 0) is 16.5 Å². The zero-order valence-electron chi connectivity index (χ0n) is 19.9. The number of rotatable bonds is 6. The summed E-state index contributed by atoms with van der Waals surface area (Å²) in [4.78, 5) is 28.9. The van der Waals surface area contributed by atoms with Crippen molar-refractivity contribution in [2.45, 2.75) is 0 Å². The van der Waals surface area contributed by atoms with Crippen LogP contribution in [0.5, 0.6) is 0 Å². The van der Waals surface area contributed by atoms with Gasteiger partial charge in [0.2, 0.25) is 0 Å². The number of hydrogen-bond acceptors (Lipinski definition) is 9. The molecule has 1 fully saturated rings. The summed E-state index contributed by atoms with van der Waals surface area (Å²) in [7, 11) is 5.03. The molecule has 0 amide bonds. The Kier molecular flexibility index (Phi) is 6.19. The van der Waals surface area contributed by atoms with Crippen molar-refractivity contribution < 1.29 is 14.3 Å². The third-order valence-electron chi connectivity index (χ3n) is 6.03. The van der Waals surface area contributed by atoms with Crippen molar-refractivity contribution in [3.8, 4) is 11.3 Å². The van der Waals surface area contributed by atoms with Gasteiger partial charge in [0.1, 0.15) is 5.69 Å². The Morgan fingerprint density at radius 3 is 2.54 bits per heavy atom. The molecule has 1 aliphatic rings. The number of para-hydroxylation sites is 1. The van der Waals surface area contributed by atoms with Crippen LogP contribution >= 0.6 is 0 Å². The molecule has 0 radical (unpaired) electrons. The summed E-state index contributed by atoms with van der Waals surface area (Å²) in [6.45, 7) is 3.18. The SMILES string of the molecule is CNc1nc(Nc2ccc(N3CCOCC3)cc2)c(C(=O)OC)nc1-c1cccc2c1ncn2C. The van der Waals surface area contributed by atoms with Crippen molar-refractivity contribution in [1.29, 1.82) is 0 Å². The minimum Gasteiger partial charge on any atom is -0.464 e. The van der Waals surface area contributed by atoms with E-state index in [4.69, 9.17) is 19.4 Å². The number of carbonyl (C=O) groups is 1. The minimum absolute atomic E-state index is 0.0895. The Bertz CT molecular complexity index is 1360. The van der Waals surface area contributed by atoms with Gasteiger partial charge in [-0.05, 0) is 30.3 Å². The molecule has 35 heavy (non-hydrogen) atoms. The van der Waals surface area contributed by atoms with Crippen molar-refractivity contribution in [2.24, 2.45) is 7.05 Å². The van der Waals surface area contributed by atoms with Gasteiger partial charge in [0.25, 0.3) is 0 Å². The number of nitrogens with zero attached hydrogens (tertiary/aromatic N) is 5. The zero-order valence-corrected chi connectivity index (χ0v) is 19.9. The van der Waals surface area contributed by atoms with Crippen LogP contribution in [0.2, 0.25) is 0 Å². The largest absolute Gasteiger partial charge is 0.464 e. The molecule has 10 nitrogen and oxygen atoms in total. The van der Waals surface area contributed by atoms with E-state index in [-0.39, 0.29) is 5.69 Å². The lowest BCUT2D eigenvalue weighted by Gasteiger charge is -2.29. The molecule has 180 valence electrons. The average Bonchev–Trinajstić information content (AvgIpc) is 3.30. The van der Waals surface area contributed by atoms with E-state index in [1.807, 2.05) is 54.1 Å². The molecule has 2 N–H and O–H groups in total. The number of carbonyl (C=O) groups excluding carboxylic acids is 1. The van der Waals surface area contributed by atoms with E-state index in [0.717, 1.165) is 54.3 Å². The number of methoxy groups -OCH3 is 1. The number of hydrogen-bond donors (Lipinski definition) is 2. The van der Waals surface area contributed by atoms with E-state index >= 15 is 0 Å². The van der Waals surface area contributed by atoms with Crippen molar-refractivity contribution >= 4 is 40.0 Å². The first kappa shape index (κ1) is 22.6. The summed E-state index contributed by atoms with van der Waals surface area (Å²) >= 11 is 0. The maximum atomic E-state index is 12.7. The second kappa shape index (κ2) is 9.59. The number of aryl methyl sites for hydroxylation is 1. The van der Waals surface area contributed by atoms with Gasteiger partial charge in [-0.3, -0.25) is 0 Å². The van der Waals surface area contributed by atoms with Crippen molar-refractivity contribution in [3.63, 3.8) is 0 Å². The highest BCUT2D eigenvalue weighted by atomic mass is 16.5. The molecule has 4 aromatic rings. The van der Waals surface area contributed by atoms with Crippen molar-refractivity contribution in [2.75, 3.05) is 56.0 Å². The fourth-order valence-electron chi connectivity index (χ4n) is 4.19. The van der Waals surface area contributed by atoms with Crippen LogP contribution < -0.4 is 15.5 Å². The third kappa shape index (κ3) is 4.35. The predicted octanol–water partition coefficient (Wildman–Crippen LogP) is 3.44. The van der Waals surface area contributed by atoms with Gasteiger partial charge in [-0.25, -0.2) is 19.7 Å². The fourth-order valence-corrected chi connectivity index (χ4v) is 4.19. The van der Waals surface area contributed by atoms with E-state index in [2.05, 4.69) is 20.5 Å². The number of ether oxygens (including phenoxy) is 2. The molecule has 5 rings (SSSR count). The Balaban J connectivity index is 1.53. The van der Waals surface area contributed by atoms with E-state index in [0.29, 0.717) is 17.3 Å². The van der Waals surface area contributed by atoms with Crippen LogP contribution in [-0.4, -0.2) is 65.9 Å². The topological polar surface area (TPSA) is 106 Å². The van der Waals surface area contributed by atoms with Crippen LogP contribution in [0.15, 0.2) is 48.8 Å². The summed E-state index contributed by atoms with van der Waals surface area (Å²) in [5, 5.41) is 6.34. The molecule has 0 bridgehead atoms. The monoisotopic (exact) mass is 473 g/mol. The van der Waals surface area contributed by atoms with Crippen molar-refractivity contribution in [3.05, 3.63) is 54.5 Å². The molecule has 10 heteroatoms. The Morgan fingerprint density at radius 1 is 1.06 bits per heavy atom. The van der Waals surface area contributed by atoms with Crippen LogP contribution in [0.25, 0.3) is 22.3 Å². The third-order valence-corrected chi connectivity index (χ3v) is 6.03. The number of aromatic nitrogens is 4. The number of nitrogens with one attached hydrogen (secondary N) is 2. The lowest BCUT2D eigenvalue weighted by Crippen LogP contribution is -2.36. The molecule has 1 aliphatic heterocycles. The molecule has 2 aromatic heterocycles. The number of benzene rings is 2. The quantitative estimate of drug-likeness (QED) is 0.407. The van der Waals surface area contributed by atoms with Gasteiger partial charge in [-0.15, -0.1) is 0 Å². The minimum atomic E-state index is -0.581. The predicted molar refractivity (Wildman–Crippen MR) is 135 cm³/mol. The number of morpholine rings is 1. The highest BCUT2D eigenvalue weighted by Gasteiger charge is 2.23. The first-order valence-electron chi connectivity index (χ1n) is 11.4. The lowest BCUT2D eigenvalue weighted by atomic mass is 10.1. The number of imidazole rings is 1. The summed E-state index contributed by atoms with van der Waals surface area (Å²) in [5.41, 5.74) is 5.00. The molecular formula is C25H27N7O3. The highest BCUT2D eigenvalue weighted by Crippen LogP contribution is 2.33. The van der Waals surface area contributed by atoms with E-state index in [9.17, 15) is 4.79 Å². The van der Waals surface area contributed by atoms with Crippen LogP contribution in [0.4, 0.5) is 23.0 Å². The molecule has 1 saturated heterocycles. The molecular weight excluding hydrogens is 446 g/mol. The molecule has 0 spiro atoms. The van der Waals surface area contributed by atoms with Gasteiger partial charge in [0.05, 0.1) is 37.7 Å². The smallest absolute Gasteiger partial charge is 0.360 e. The number of esters is 1. The summed E-state index contributed by atoms with van der Waals surface area (Å²) in [6, 6.07) is 13.8. The molecule has 3 heterocycles. The average molecular weight is 474 g/mol. The lowest BCUT2D eigenvalue weighted by molar-refractivity contribution is 0.0595. The van der Waals surface area contributed by atoms with Gasteiger partial charge in [-0.1, -0.05) is 12.1 Å². The van der Waals surface area contributed by atoms with E-state index < -0.39 is 5.97 Å². The Labute approximate surface area is 202 Å². The first-order valence-corrected chi connectivity index (χ1v) is 11.4. The highest BCUT2D eigenvalue weighted by molar-refractivity contribution is 5.98. The molecule has 2 aromatic carbocycles. The van der Waals surface area contributed by atoms with Crippen LogP contribution in [0.3, 0.4) is 0 Å². The van der Waals surface area contributed by atoms with Gasteiger partial charge in [-0.2, -0.15) is 0 Å². The molecule has 0 saturated carbocycles. The van der Waals surface area contributed by atoms with E-state index in [1.165, 1.54) is 7.11 Å². The summed E-state index contributed by atoms with van der Waals surface area (Å²) in [6.07, 6.45) is 1.75. The second-order valence-electron chi connectivity index (χ2n) is 8.16. The van der Waals surface area contributed by atoms with Gasteiger partial charge < -0.3 is 29.6 Å². The molecule has 0 atom stereocenters. The fraction of sp³-hybridized carbons (Fsp3) is 0.280. The molecule has 0 unspecified atom stereocenters. The summed E-state index contributed by atoms with van der Waals surface area (Å²) in [5.74, 6) is 0.238. The standard InChI is InChI=1S/C25H27N7O3/c1-26-23-21(18-5-4-6-19-20(18)27-15-31(19)2)29-22(25(33)34-3)24(30-23)28-16-7-9-17(10-8-16)32-11-13-35-14-12-32/h4-10,15H,11-14H2,1-3H3,(H2,26,28,30). The van der Waals surface area contributed by atoms with Crippen LogP contribution in [0.1, 0.15) is 10.5 Å². The number of fused-ring (bicyclic) bond motifs is 1. The maximum absolute atomic E-state index is 12.7. The first-order chi connectivity index (χ1) is 17.1. The van der Waals surface area contributed by atoms with Crippen molar-refractivity contribution in [1.82, 2.24) is 19.5 Å². The Morgan fingerprint density at radius 2 is 1.83 bits per heavy atom.